The lowest BCUT2D eigenvalue weighted by Crippen LogP contribution is -2.44. The van der Waals surface area contributed by atoms with E-state index in [9.17, 15) is 4.79 Å². The molecule has 0 unspecified atom stereocenters. The Morgan fingerprint density at radius 3 is 2.61 bits per heavy atom. The fraction of sp³-hybridized carbons (Fsp3) is 0.316. The number of hydrogen-bond donors (Lipinski definition) is 1. The fourth-order valence-corrected chi connectivity index (χ4v) is 3.48. The van der Waals surface area contributed by atoms with Crippen molar-refractivity contribution in [2.75, 3.05) is 11.4 Å². The van der Waals surface area contributed by atoms with Crippen molar-refractivity contribution in [3.05, 3.63) is 65.2 Å². The highest BCUT2D eigenvalue weighted by Crippen LogP contribution is 2.27. The molecule has 23 heavy (non-hydrogen) atoms. The van der Waals surface area contributed by atoms with E-state index in [-0.39, 0.29) is 18.0 Å². The normalized spacial score (nSPS) is 18.7. The second-order valence-corrected chi connectivity index (χ2v) is 6.35. The number of halogens is 1. The molecule has 0 saturated carbocycles. The summed E-state index contributed by atoms with van der Waals surface area (Å²) in [6.45, 7) is 2.89. The van der Waals surface area contributed by atoms with Gasteiger partial charge in [-0.25, -0.2) is 0 Å². The first kappa shape index (κ1) is 15.9. The molecule has 1 aliphatic heterocycles. The summed E-state index contributed by atoms with van der Waals surface area (Å²) >= 11 is 6.23. The minimum absolute atomic E-state index is 0.0683. The van der Waals surface area contributed by atoms with Crippen LogP contribution in [0.15, 0.2) is 54.6 Å². The first-order valence-corrected chi connectivity index (χ1v) is 8.41. The predicted molar refractivity (Wildman–Crippen MR) is 94.8 cm³/mol. The molecule has 0 radical (unpaired) electrons. The zero-order chi connectivity index (χ0) is 16.2. The molecule has 1 saturated heterocycles. The van der Waals surface area contributed by atoms with E-state index in [1.165, 1.54) is 0 Å². The van der Waals surface area contributed by atoms with Crippen molar-refractivity contribution >= 4 is 23.2 Å². The van der Waals surface area contributed by atoms with E-state index in [0.717, 1.165) is 30.6 Å². The number of nitrogens with zero attached hydrogens (tertiary/aromatic N) is 1. The Morgan fingerprint density at radius 2 is 1.87 bits per heavy atom. The minimum Gasteiger partial charge on any atom is -0.360 e. The number of carbonyl (C=O) groups excluding carboxylic acids is 1. The second-order valence-electron chi connectivity index (χ2n) is 5.94. The van der Waals surface area contributed by atoms with Gasteiger partial charge in [-0.05, 0) is 43.5 Å². The largest absolute Gasteiger partial charge is 0.360 e. The maximum absolute atomic E-state index is 12.7. The number of amides is 1. The van der Waals surface area contributed by atoms with E-state index in [4.69, 9.17) is 11.6 Å². The van der Waals surface area contributed by atoms with Crippen LogP contribution in [-0.2, 0) is 4.79 Å². The molecule has 4 heteroatoms. The monoisotopic (exact) mass is 328 g/mol. The third-order valence-electron chi connectivity index (χ3n) is 4.37. The van der Waals surface area contributed by atoms with Gasteiger partial charge in [0.1, 0.15) is 6.04 Å². The zero-order valence-corrected chi connectivity index (χ0v) is 14.0. The van der Waals surface area contributed by atoms with Gasteiger partial charge in [0.25, 0.3) is 0 Å². The number of anilines is 1. The molecule has 3 rings (SSSR count). The van der Waals surface area contributed by atoms with Crippen LogP contribution < -0.4 is 10.2 Å². The van der Waals surface area contributed by atoms with Gasteiger partial charge in [0.15, 0.2) is 0 Å². The van der Waals surface area contributed by atoms with Gasteiger partial charge < -0.3 is 10.2 Å². The van der Waals surface area contributed by atoms with Gasteiger partial charge in [0.2, 0.25) is 5.91 Å². The lowest BCUT2D eigenvalue weighted by Gasteiger charge is -2.27. The SMILES string of the molecule is C[C@@H](NC(=O)[C@@H]1CCCN1c1ccccc1)c1ccccc1Cl. The zero-order valence-electron chi connectivity index (χ0n) is 13.2. The number of carbonyl (C=O) groups is 1. The molecule has 0 aromatic heterocycles. The smallest absolute Gasteiger partial charge is 0.243 e. The van der Waals surface area contributed by atoms with Crippen molar-refractivity contribution in [1.82, 2.24) is 5.32 Å². The van der Waals surface area contributed by atoms with Gasteiger partial charge in [0.05, 0.1) is 6.04 Å². The summed E-state index contributed by atoms with van der Waals surface area (Å²) < 4.78 is 0. The Morgan fingerprint density at radius 1 is 1.17 bits per heavy atom. The number of benzene rings is 2. The molecule has 120 valence electrons. The van der Waals surface area contributed by atoms with Crippen LogP contribution in [0.4, 0.5) is 5.69 Å². The summed E-state index contributed by atoms with van der Waals surface area (Å²) in [6.07, 6.45) is 1.92. The van der Waals surface area contributed by atoms with E-state index in [1.807, 2.05) is 49.4 Å². The van der Waals surface area contributed by atoms with Crippen LogP contribution in [0.5, 0.6) is 0 Å². The standard InChI is InChI=1S/C19H21ClN2O/c1-14(16-10-5-6-11-17(16)20)21-19(23)18-12-7-13-22(18)15-8-3-2-4-9-15/h2-6,8-11,14,18H,7,12-13H2,1H3,(H,21,23)/t14-,18+/m1/s1. The van der Waals surface area contributed by atoms with Crippen LogP contribution in [-0.4, -0.2) is 18.5 Å². The van der Waals surface area contributed by atoms with Crippen LogP contribution in [0.25, 0.3) is 0 Å². The van der Waals surface area contributed by atoms with Crippen LogP contribution >= 0.6 is 11.6 Å². The first-order chi connectivity index (χ1) is 11.2. The Bertz CT molecular complexity index is 674. The van der Waals surface area contributed by atoms with Crippen molar-refractivity contribution in [3.63, 3.8) is 0 Å². The molecule has 2 aromatic carbocycles. The third kappa shape index (κ3) is 3.50. The molecule has 0 bridgehead atoms. The van der Waals surface area contributed by atoms with Crippen LogP contribution in [0.3, 0.4) is 0 Å². The molecule has 3 nitrogen and oxygen atoms in total. The van der Waals surface area contributed by atoms with Crippen molar-refractivity contribution in [3.8, 4) is 0 Å². The maximum Gasteiger partial charge on any atom is 0.243 e. The summed E-state index contributed by atoms with van der Waals surface area (Å²) in [5, 5.41) is 3.80. The van der Waals surface area contributed by atoms with Crippen molar-refractivity contribution in [1.29, 1.82) is 0 Å². The summed E-state index contributed by atoms with van der Waals surface area (Å²) in [5.74, 6) is 0.0683. The van der Waals surface area contributed by atoms with E-state index >= 15 is 0 Å². The first-order valence-electron chi connectivity index (χ1n) is 8.03. The van der Waals surface area contributed by atoms with Crippen LogP contribution in [0.1, 0.15) is 31.4 Å². The van der Waals surface area contributed by atoms with Crippen molar-refractivity contribution in [2.45, 2.75) is 31.8 Å². The van der Waals surface area contributed by atoms with Crippen LogP contribution in [0.2, 0.25) is 5.02 Å². The molecule has 1 heterocycles. The molecular weight excluding hydrogens is 308 g/mol. The van der Waals surface area contributed by atoms with E-state index < -0.39 is 0 Å². The van der Waals surface area contributed by atoms with E-state index in [2.05, 4.69) is 22.3 Å². The van der Waals surface area contributed by atoms with E-state index in [1.54, 1.807) is 0 Å². The number of hydrogen-bond acceptors (Lipinski definition) is 2. The highest BCUT2D eigenvalue weighted by atomic mass is 35.5. The van der Waals surface area contributed by atoms with Gasteiger partial charge in [0, 0.05) is 17.3 Å². The average Bonchev–Trinajstić information content (AvgIpc) is 3.05. The highest BCUT2D eigenvalue weighted by molar-refractivity contribution is 6.31. The summed E-state index contributed by atoms with van der Waals surface area (Å²) in [7, 11) is 0. The average molecular weight is 329 g/mol. The highest BCUT2D eigenvalue weighted by Gasteiger charge is 2.31. The van der Waals surface area contributed by atoms with Gasteiger partial charge >= 0.3 is 0 Å². The number of para-hydroxylation sites is 1. The lowest BCUT2D eigenvalue weighted by molar-refractivity contribution is -0.122. The Kier molecular flexibility index (Phi) is 4.87. The van der Waals surface area contributed by atoms with Crippen molar-refractivity contribution < 1.29 is 4.79 Å². The van der Waals surface area contributed by atoms with Gasteiger partial charge in [-0.3, -0.25) is 4.79 Å². The van der Waals surface area contributed by atoms with Gasteiger partial charge in [-0.1, -0.05) is 48.0 Å². The molecule has 1 amide bonds. The molecule has 1 N–H and O–H groups in total. The van der Waals surface area contributed by atoms with Crippen molar-refractivity contribution in [2.24, 2.45) is 0 Å². The maximum atomic E-state index is 12.7. The number of rotatable bonds is 4. The summed E-state index contributed by atoms with van der Waals surface area (Å²) in [5.41, 5.74) is 2.06. The topological polar surface area (TPSA) is 32.3 Å². The predicted octanol–water partition coefficient (Wildman–Crippen LogP) is 4.19. The lowest BCUT2D eigenvalue weighted by atomic mass is 10.1. The quantitative estimate of drug-likeness (QED) is 0.912. The third-order valence-corrected chi connectivity index (χ3v) is 4.72. The molecule has 2 aromatic rings. The molecule has 1 fully saturated rings. The van der Waals surface area contributed by atoms with Crippen LogP contribution in [0, 0.1) is 0 Å². The molecule has 1 aliphatic rings. The summed E-state index contributed by atoms with van der Waals surface area (Å²) in [6, 6.07) is 17.6. The Balaban J connectivity index is 1.71. The summed E-state index contributed by atoms with van der Waals surface area (Å²) in [4.78, 5) is 14.9. The number of nitrogens with one attached hydrogen (secondary N) is 1. The van der Waals surface area contributed by atoms with Gasteiger partial charge in [-0.2, -0.15) is 0 Å². The van der Waals surface area contributed by atoms with Gasteiger partial charge in [-0.15, -0.1) is 0 Å². The Hall–Kier alpha value is -2.00. The molecule has 2 atom stereocenters. The second kappa shape index (κ2) is 7.05. The fourth-order valence-electron chi connectivity index (χ4n) is 3.18. The molecule has 0 aliphatic carbocycles. The minimum atomic E-state index is -0.109. The molecule has 0 spiro atoms. The molecular formula is C19H21ClN2O. The van der Waals surface area contributed by atoms with E-state index in [0.29, 0.717) is 5.02 Å². The Labute approximate surface area is 142 Å².